The quantitative estimate of drug-likeness (QED) is 0.754. The van der Waals surface area contributed by atoms with Crippen LogP contribution in [0.15, 0.2) is 30.5 Å². The van der Waals surface area contributed by atoms with Crippen LogP contribution < -0.4 is 5.32 Å². The van der Waals surface area contributed by atoms with E-state index in [2.05, 4.69) is 34.6 Å². The average molecular weight is 230 g/mol. The number of aliphatic hydroxyl groups excluding tert-OH is 1. The largest absolute Gasteiger partial charge is 0.394 e. The minimum Gasteiger partial charge on any atom is -0.394 e. The van der Waals surface area contributed by atoms with Gasteiger partial charge in [-0.3, -0.25) is 0 Å². The highest BCUT2D eigenvalue weighted by molar-refractivity contribution is 5.82. The van der Waals surface area contributed by atoms with Gasteiger partial charge in [0.15, 0.2) is 0 Å². The van der Waals surface area contributed by atoms with Crippen molar-refractivity contribution < 1.29 is 5.11 Å². The van der Waals surface area contributed by atoms with E-state index in [1.807, 2.05) is 6.20 Å². The van der Waals surface area contributed by atoms with Gasteiger partial charge in [0.1, 0.15) is 0 Å². The van der Waals surface area contributed by atoms with Gasteiger partial charge in [-0.25, -0.2) is 0 Å². The lowest BCUT2D eigenvalue weighted by Crippen LogP contribution is -2.53. The van der Waals surface area contributed by atoms with Gasteiger partial charge in [0, 0.05) is 29.2 Å². The summed E-state index contributed by atoms with van der Waals surface area (Å²) in [6.45, 7) is 1.08. The van der Waals surface area contributed by atoms with E-state index in [0.717, 1.165) is 19.4 Å². The number of aromatic nitrogens is 1. The first-order chi connectivity index (χ1) is 8.33. The van der Waals surface area contributed by atoms with Crippen molar-refractivity contribution >= 4 is 10.9 Å². The van der Waals surface area contributed by atoms with Gasteiger partial charge in [-0.05, 0) is 37.0 Å². The first kappa shape index (κ1) is 10.8. The Bertz CT molecular complexity index is 508. The van der Waals surface area contributed by atoms with Crippen molar-refractivity contribution in [3.63, 3.8) is 0 Å². The van der Waals surface area contributed by atoms with E-state index in [0.29, 0.717) is 0 Å². The van der Waals surface area contributed by atoms with Crippen LogP contribution in [0.1, 0.15) is 24.8 Å². The summed E-state index contributed by atoms with van der Waals surface area (Å²) in [7, 11) is 0. The van der Waals surface area contributed by atoms with E-state index in [4.69, 9.17) is 0 Å². The average Bonchev–Trinajstić information content (AvgIpc) is 2.77. The molecule has 1 aliphatic carbocycles. The maximum Gasteiger partial charge on any atom is 0.0613 e. The first-order valence-corrected chi connectivity index (χ1v) is 6.24. The molecular formula is C14H18N2O. The highest BCUT2D eigenvalue weighted by atomic mass is 16.3. The van der Waals surface area contributed by atoms with E-state index in [1.165, 1.54) is 22.9 Å². The third kappa shape index (κ3) is 1.85. The second kappa shape index (κ2) is 4.17. The standard InChI is InChI=1S/C14H18N2O/c17-10-14(6-2-7-14)16-9-11-3-1-4-13-12(11)5-8-15-13/h1,3-5,8,15-17H,2,6-7,9-10H2. The Morgan fingerprint density at radius 3 is 2.88 bits per heavy atom. The molecule has 2 aromatic rings. The minimum atomic E-state index is -0.0154. The number of aliphatic hydroxyl groups is 1. The van der Waals surface area contributed by atoms with Crippen LogP contribution >= 0.6 is 0 Å². The van der Waals surface area contributed by atoms with Gasteiger partial charge >= 0.3 is 0 Å². The predicted octanol–water partition coefficient (Wildman–Crippen LogP) is 2.17. The van der Waals surface area contributed by atoms with Crippen LogP contribution in [-0.4, -0.2) is 22.2 Å². The lowest BCUT2D eigenvalue weighted by Gasteiger charge is -2.41. The Morgan fingerprint density at radius 2 is 2.18 bits per heavy atom. The zero-order valence-corrected chi connectivity index (χ0v) is 9.87. The first-order valence-electron chi connectivity index (χ1n) is 6.24. The normalized spacial score (nSPS) is 18.2. The van der Waals surface area contributed by atoms with Crippen LogP contribution in [0.3, 0.4) is 0 Å². The number of hydrogen-bond donors (Lipinski definition) is 3. The van der Waals surface area contributed by atoms with Gasteiger partial charge in [0.25, 0.3) is 0 Å². The number of fused-ring (bicyclic) bond motifs is 1. The molecule has 90 valence electrons. The molecule has 1 aromatic heterocycles. The van der Waals surface area contributed by atoms with Gasteiger partial charge in [-0.2, -0.15) is 0 Å². The van der Waals surface area contributed by atoms with Gasteiger partial charge in [-0.1, -0.05) is 12.1 Å². The maximum atomic E-state index is 9.42. The molecule has 1 fully saturated rings. The highest BCUT2D eigenvalue weighted by Crippen LogP contribution is 2.31. The van der Waals surface area contributed by atoms with Gasteiger partial charge in [-0.15, -0.1) is 0 Å². The van der Waals surface area contributed by atoms with Gasteiger partial charge in [0.2, 0.25) is 0 Å². The van der Waals surface area contributed by atoms with Gasteiger partial charge < -0.3 is 15.4 Å². The topological polar surface area (TPSA) is 48.0 Å². The van der Waals surface area contributed by atoms with Crippen LogP contribution in [0, 0.1) is 0 Å². The molecule has 0 bridgehead atoms. The molecule has 3 heteroatoms. The number of H-pyrrole nitrogens is 1. The summed E-state index contributed by atoms with van der Waals surface area (Å²) in [4.78, 5) is 3.22. The Labute approximate surface area is 101 Å². The summed E-state index contributed by atoms with van der Waals surface area (Å²) in [6, 6.07) is 8.41. The predicted molar refractivity (Wildman–Crippen MR) is 68.8 cm³/mol. The maximum absolute atomic E-state index is 9.42. The van der Waals surface area contributed by atoms with Crippen molar-refractivity contribution in [2.45, 2.75) is 31.3 Å². The molecular weight excluding hydrogens is 212 g/mol. The molecule has 1 saturated carbocycles. The fourth-order valence-corrected chi connectivity index (χ4v) is 2.58. The van der Waals surface area contributed by atoms with Crippen molar-refractivity contribution in [3.8, 4) is 0 Å². The van der Waals surface area contributed by atoms with E-state index in [1.54, 1.807) is 0 Å². The fraction of sp³-hybridized carbons (Fsp3) is 0.429. The Balaban J connectivity index is 1.78. The monoisotopic (exact) mass is 230 g/mol. The van der Waals surface area contributed by atoms with E-state index in [-0.39, 0.29) is 12.1 Å². The third-order valence-electron chi connectivity index (χ3n) is 3.95. The highest BCUT2D eigenvalue weighted by Gasteiger charge is 2.35. The number of benzene rings is 1. The van der Waals surface area contributed by atoms with Crippen molar-refractivity contribution in [1.82, 2.24) is 10.3 Å². The van der Waals surface area contributed by atoms with Crippen LogP contribution in [0.2, 0.25) is 0 Å². The number of rotatable bonds is 4. The molecule has 0 radical (unpaired) electrons. The number of hydrogen-bond acceptors (Lipinski definition) is 2. The molecule has 1 aromatic carbocycles. The third-order valence-corrected chi connectivity index (χ3v) is 3.95. The van der Waals surface area contributed by atoms with Crippen molar-refractivity contribution in [2.75, 3.05) is 6.61 Å². The van der Waals surface area contributed by atoms with E-state index >= 15 is 0 Å². The molecule has 0 atom stereocenters. The summed E-state index contributed by atoms with van der Waals surface area (Å²) in [5, 5.41) is 14.2. The van der Waals surface area contributed by atoms with Crippen molar-refractivity contribution in [2.24, 2.45) is 0 Å². The van der Waals surface area contributed by atoms with E-state index in [9.17, 15) is 5.11 Å². The minimum absolute atomic E-state index is 0.0154. The van der Waals surface area contributed by atoms with Crippen LogP contribution in [-0.2, 0) is 6.54 Å². The summed E-state index contributed by atoms with van der Waals surface area (Å²) in [5.41, 5.74) is 2.46. The van der Waals surface area contributed by atoms with E-state index < -0.39 is 0 Å². The fourth-order valence-electron chi connectivity index (χ4n) is 2.58. The molecule has 17 heavy (non-hydrogen) atoms. The second-order valence-corrected chi connectivity index (χ2v) is 5.00. The Kier molecular flexibility index (Phi) is 2.65. The zero-order chi connectivity index (χ0) is 11.7. The SMILES string of the molecule is OCC1(NCc2cccc3[nH]ccc23)CCC1. The van der Waals surface area contributed by atoms with Crippen LogP contribution in [0.5, 0.6) is 0 Å². The summed E-state index contributed by atoms with van der Waals surface area (Å²) >= 11 is 0. The molecule has 0 amide bonds. The van der Waals surface area contributed by atoms with Crippen LogP contribution in [0.4, 0.5) is 0 Å². The second-order valence-electron chi connectivity index (χ2n) is 5.00. The van der Waals surface area contributed by atoms with Crippen molar-refractivity contribution in [3.05, 3.63) is 36.0 Å². The molecule has 1 aliphatic rings. The molecule has 0 unspecified atom stereocenters. The zero-order valence-electron chi connectivity index (χ0n) is 9.87. The lowest BCUT2D eigenvalue weighted by atomic mass is 9.77. The Hall–Kier alpha value is -1.32. The Morgan fingerprint density at radius 1 is 1.29 bits per heavy atom. The van der Waals surface area contributed by atoms with Crippen LogP contribution in [0.25, 0.3) is 10.9 Å². The molecule has 1 heterocycles. The number of nitrogens with one attached hydrogen (secondary N) is 2. The lowest BCUT2D eigenvalue weighted by molar-refractivity contribution is 0.0873. The molecule has 0 saturated heterocycles. The smallest absolute Gasteiger partial charge is 0.0613 e. The molecule has 0 spiro atoms. The number of aromatic amines is 1. The molecule has 3 N–H and O–H groups in total. The molecule has 3 nitrogen and oxygen atoms in total. The summed E-state index contributed by atoms with van der Waals surface area (Å²) < 4.78 is 0. The summed E-state index contributed by atoms with van der Waals surface area (Å²) in [6.07, 6.45) is 5.38. The molecule has 0 aliphatic heterocycles. The molecule has 3 rings (SSSR count). The van der Waals surface area contributed by atoms with Gasteiger partial charge in [0.05, 0.1) is 6.61 Å². The van der Waals surface area contributed by atoms with Crippen molar-refractivity contribution in [1.29, 1.82) is 0 Å². The summed E-state index contributed by atoms with van der Waals surface area (Å²) in [5.74, 6) is 0.